The molecule has 2 aliphatic rings. The number of fused-ring (bicyclic) bond motifs is 1. The molecule has 3 nitrogen and oxygen atoms in total. The molecule has 0 radical (unpaired) electrons. The van der Waals surface area contributed by atoms with Crippen LogP contribution in [0.2, 0.25) is 0 Å². The van der Waals surface area contributed by atoms with Crippen molar-refractivity contribution in [3.8, 4) is 5.75 Å². The number of hydrogen-bond donors (Lipinski definition) is 1. The quantitative estimate of drug-likeness (QED) is 0.899. The van der Waals surface area contributed by atoms with Crippen LogP contribution in [0.1, 0.15) is 30.4 Å². The Morgan fingerprint density at radius 1 is 1.32 bits per heavy atom. The third-order valence-electron chi connectivity index (χ3n) is 4.63. The number of aryl methyl sites for hydroxylation is 1. The molecule has 0 aliphatic carbocycles. The van der Waals surface area contributed by atoms with Crippen LogP contribution in [0, 0.1) is 6.92 Å². The van der Waals surface area contributed by atoms with Crippen molar-refractivity contribution in [1.29, 1.82) is 0 Å². The van der Waals surface area contributed by atoms with Gasteiger partial charge in [0.1, 0.15) is 5.75 Å². The van der Waals surface area contributed by atoms with Crippen molar-refractivity contribution in [2.24, 2.45) is 0 Å². The molecule has 0 bridgehead atoms. The fourth-order valence-electron chi connectivity index (χ4n) is 3.62. The molecule has 0 saturated carbocycles. The predicted molar refractivity (Wildman–Crippen MR) is 77.6 cm³/mol. The van der Waals surface area contributed by atoms with Crippen LogP contribution in [0.5, 0.6) is 5.75 Å². The average Bonchev–Trinajstić information content (AvgIpc) is 3.00. The van der Waals surface area contributed by atoms with Gasteiger partial charge in [-0.2, -0.15) is 0 Å². The predicted octanol–water partition coefficient (Wildman–Crippen LogP) is 2.33. The maximum atomic E-state index is 5.31. The number of benzene rings is 1. The van der Waals surface area contributed by atoms with Crippen LogP contribution < -0.4 is 10.1 Å². The largest absolute Gasteiger partial charge is 0.496 e. The van der Waals surface area contributed by atoms with Gasteiger partial charge in [0.2, 0.25) is 0 Å². The van der Waals surface area contributed by atoms with Crippen LogP contribution in [0.3, 0.4) is 0 Å². The van der Waals surface area contributed by atoms with Crippen molar-refractivity contribution in [3.63, 3.8) is 0 Å². The summed E-state index contributed by atoms with van der Waals surface area (Å²) >= 11 is 0. The third-order valence-corrected chi connectivity index (χ3v) is 4.63. The molecular weight excluding hydrogens is 236 g/mol. The summed E-state index contributed by atoms with van der Waals surface area (Å²) in [5.41, 5.74) is 2.57. The van der Waals surface area contributed by atoms with Crippen molar-refractivity contribution in [1.82, 2.24) is 10.2 Å². The number of nitrogens with zero attached hydrogens (tertiary/aromatic N) is 1. The average molecular weight is 260 g/mol. The molecule has 0 amide bonds. The van der Waals surface area contributed by atoms with E-state index < -0.39 is 0 Å². The lowest BCUT2D eigenvalue weighted by Gasteiger charge is -2.21. The first-order chi connectivity index (χ1) is 9.28. The van der Waals surface area contributed by atoms with E-state index in [1.165, 1.54) is 43.5 Å². The van der Waals surface area contributed by atoms with Crippen molar-refractivity contribution in [2.45, 2.75) is 44.8 Å². The summed E-state index contributed by atoms with van der Waals surface area (Å²) in [5.74, 6) is 0.978. The fraction of sp³-hybridized carbons (Fsp3) is 0.625. The summed E-state index contributed by atoms with van der Waals surface area (Å²) < 4.78 is 5.31. The summed E-state index contributed by atoms with van der Waals surface area (Å²) in [4.78, 5) is 2.65. The summed E-state index contributed by atoms with van der Waals surface area (Å²) in [5, 5.41) is 3.75. The Morgan fingerprint density at radius 2 is 2.21 bits per heavy atom. The highest BCUT2D eigenvalue weighted by Crippen LogP contribution is 2.28. The zero-order chi connectivity index (χ0) is 13.2. The normalized spacial score (nSPS) is 26.6. The van der Waals surface area contributed by atoms with E-state index in [9.17, 15) is 0 Å². The zero-order valence-corrected chi connectivity index (χ0v) is 12.0. The zero-order valence-electron chi connectivity index (χ0n) is 12.0. The molecule has 1 aromatic rings. The molecule has 1 N–H and O–H groups in total. The number of hydrogen-bond acceptors (Lipinski definition) is 3. The van der Waals surface area contributed by atoms with Crippen LogP contribution in [-0.4, -0.2) is 37.2 Å². The Labute approximate surface area is 115 Å². The molecule has 3 rings (SSSR count). The number of rotatable bonds is 4. The molecule has 2 fully saturated rings. The van der Waals surface area contributed by atoms with Crippen molar-refractivity contribution >= 4 is 0 Å². The third kappa shape index (κ3) is 2.63. The molecule has 0 aromatic heterocycles. The molecule has 2 atom stereocenters. The van der Waals surface area contributed by atoms with E-state index in [1.54, 1.807) is 7.11 Å². The van der Waals surface area contributed by atoms with Gasteiger partial charge in [-0.25, -0.2) is 0 Å². The lowest BCUT2D eigenvalue weighted by Crippen LogP contribution is -2.38. The van der Waals surface area contributed by atoms with Crippen molar-refractivity contribution < 1.29 is 4.74 Å². The molecular formula is C16H24N2O. The first-order valence-corrected chi connectivity index (χ1v) is 7.39. The molecule has 19 heavy (non-hydrogen) atoms. The van der Waals surface area contributed by atoms with E-state index in [2.05, 4.69) is 35.3 Å². The smallest absolute Gasteiger partial charge is 0.121 e. The van der Waals surface area contributed by atoms with E-state index in [-0.39, 0.29) is 0 Å². The second kappa shape index (κ2) is 5.51. The van der Waals surface area contributed by atoms with Gasteiger partial charge in [-0.05, 0) is 49.9 Å². The molecule has 104 valence electrons. The minimum atomic E-state index is 0.685. The van der Waals surface area contributed by atoms with Crippen LogP contribution in [0.25, 0.3) is 0 Å². The Kier molecular flexibility index (Phi) is 3.76. The van der Waals surface area contributed by atoms with Crippen LogP contribution in [0.4, 0.5) is 0 Å². The summed E-state index contributed by atoms with van der Waals surface area (Å²) in [6.45, 7) is 5.67. The first kappa shape index (κ1) is 12.9. The van der Waals surface area contributed by atoms with Gasteiger partial charge >= 0.3 is 0 Å². The topological polar surface area (TPSA) is 24.5 Å². The van der Waals surface area contributed by atoms with E-state index in [1.807, 2.05) is 0 Å². The van der Waals surface area contributed by atoms with Gasteiger partial charge in [-0.15, -0.1) is 0 Å². The summed E-state index contributed by atoms with van der Waals surface area (Å²) in [7, 11) is 1.73. The molecule has 0 spiro atoms. The molecule has 3 heteroatoms. The lowest BCUT2D eigenvalue weighted by atomic mass is 10.1. The van der Waals surface area contributed by atoms with Crippen molar-refractivity contribution in [2.75, 3.05) is 20.2 Å². The van der Waals surface area contributed by atoms with Crippen molar-refractivity contribution in [3.05, 3.63) is 29.3 Å². The maximum absolute atomic E-state index is 5.31. The minimum Gasteiger partial charge on any atom is -0.496 e. The standard InChI is InChI=1S/C16H24N2O/c1-12-10-13(5-6-16(12)19-2)11-17-14-7-9-18-8-3-4-15(14)18/h5-6,10,14-15,17H,3-4,7-9,11H2,1-2H3. The Balaban J connectivity index is 1.59. The summed E-state index contributed by atoms with van der Waals surface area (Å²) in [6, 6.07) is 7.94. The van der Waals surface area contributed by atoms with E-state index in [0.29, 0.717) is 6.04 Å². The van der Waals surface area contributed by atoms with Crippen LogP contribution >= 0.6 is 0 Å². The Morgan fingerprint density at radius 3 is 3.00 bits per heavy atom. The maximum Gasteiger partial charge on any atom is 0.121 e. The second-order valence-corrected chi connectivity index (χ2v) is 5.83. The molecule has 2 aliphatic heterocycles. The summed E-state index contributed by atoms with van der Waals surface area (Å²) in [6.07, 6.45) is 4.06. The Hall–Kier alpha value is -1.06. The highest BCUT2D eigenvalue weighted by Gasteiger charge is 2.36. The minimum absolute atomic E-state index is 0.685. The molecule has 2 saturated heterocycles. The SMILES string of the molecule is COc1ccc(CNC2CCN3CCCC23)cc1C. The lowest BCUT2D eigenvalue weighted by molar-refractivity contribution is 0.298. The van der Waals surface area contributed by atoms with Gasteiger partial charge in [0.05, 0.1) is 7.11 Å². The molecule has 2 heterocycles. The van der Waals surface area contributed by atoms with Gasteiger partial charge < -0.3 is 10.1 Å². The van der Waals surface area contributed by atoms with E-state index >= 15 is 0 Å². The van der Waals surface area contributed by atoms with Crippen LogP contribution in [-0.2, 0) is 6.54 Å². The highest BCUT2D eigenvalue weighted by molar-refractivity contribution is 5.36. The molecule has 1 aromatic carbocycles. The second-order valence-electron chi connectivity index (χ2n) is 5.83. The number of ether oxygens (including phenoxy) is 1. The van der Waals surface area contributed by atoms with Gasteiger partial charge in [0.15, 0.2) is 0 Å². The highest BCUT2D eigenvalue weighted by atomic mass is 16.5. The van der Waals surface area contributed by atoms with Gasteiger partial charge in [-0.1, -0.05) is 12.1 Å². The van der Waals surface area contributed by atoms with Gasteiger partial charge in [0, 0.05) is 25.2 Å². The van der Waals surface area contributed by atoms with Gasteiger partial charge in [-0.3, -0.25) is 4.90 Å². The van der Waals surface area contributed by atoms with Crippen LogP contribution in [0.15, 0.2) is 18.2 Å². The van der Waals surface area contributed by atoms with Gasteiger partial charge in [0.25, 0.3) is 0 Å². The monoisotopic (exact) mass is 260 g/mol. The number of methoxy groups -OCH3 is 1. The Bertz CT molecular complexity index is 446. The number of nitrogens with one attached hydrogen (secondary N) is 1. The van der Waals surface area contributed by atoms with E-state index in [0.717, 1.165) is 18.3 Å². The first-order valence-electron chi connectivity index (χ1n) is 7.39. The van der Waals surface area contributed by atoms with E-state index in [4.69, 9.17) is 4.74 Å². The fourth-order valence-corrected chi connectivity index (χ4v) is 3.62. The molecule has 2 unspecified atom stereocenters.